The van der Waals surface area contributed by atoms with E-state index in [1.54, 1.807) is 12.3 Å². The van der Waals surface area contributed by atoms with E-state index < -0.39 is 5.97 Å². The molecule has 0 saturated carbocycles. The first kappa shape index (κ1) is 28.9. The predicted molar refractivity (Wildman–Crippen MR) is 153 cm³/mol. The highest BCUT2D eigenvalue weighted by molar-refractivity contribution is 6.04. The zero-order valence-corrected chi connectivity index (χ0v) is 23.4. The maximum absolute atomic E-state index is 12.8. The minimum Gasteiger partial charge on any atom is -0.478 e. The third-order valence-corrected chi connectivity index (χ3v) is 8.10. The van der Waals surface area contributed by atoms with Gasteiger partial charge in [-0.05, 0) is 25.0 Å². The van der Waals surface area contributed by atoms with Crippen LogP contribution in [0.25, 0.3) is 21.8 Å². The highest BCUT2D eigenvalue weighted by Crippen LogP contribution is 2.39. The van der Waals surface area contributed by atoms with Crippen molar-refractivity contribution < 1.29 is 38.5 Å². The van der Waals surface area contributed by atoms with Crippen LogP contribution in [0.4, 0.5) is 0 Å². The van der Waals surface area contributed by atoms with Crippen molar-refractivity contribution in [2.45, 2.75) is 43.9 Å². The lowest BCUT2D eigenvalue weighted by Crippen LogP contribution is -2.58. The summed E-state index contributed by atoms with van der Waals surface area (Å²) in [5, 5.41) is 10.3. The largest absolute Gasteiger partial charge is 0.478 e. The van der Waals surface area contributed by atoms with E-state index in [2.05, 4.69) is 14.9 Å². The minimum atomic E-state index is -0.896. The molecule has 2 aromatic carbocycles. The molecule has 6 rings (SSSR count). The molecular weight excluding hydrogens is 542 g/mol. The van der Waals surface area contributed by atoms with Crippen LogP contribution < -0.4 is 0 Å². The lowest BCUT2D eigenvalue weighted by Gasteiger charge is -2.49. The van der Waals surface area contributed by atoms with E-state index in [4.69, 9.17) is 19.3 Å². The Kier molecular flexibility index (Phi) is 8.58. The van der Waals surface area contributed by atoms with Crippen LogP contribution in [0.5, 0.6) is 0 Å². The first-order valence-corrected chi connectivity index (χ1v) is 13.8. The van der Waals surface area contributed by atoms with Crippen molar-refractivity contribution in [1.29, 1.82) is 0 Å². The number of aromatic carboxylic acids is 1. The van der Waals surface area contributed by atoms with Gasteiger partial charge in [0.05, 0.1) is 37.8 Å². The molecule has 2 fully saturated rings. The van der Waals surface area contributed by atoms with Gasteiger partial charge in [-0.2, -0.15) is 0 Å². The second kappa shape index (κ2) is 12.5. The molecule has 2 saturated heterocycles. The molecule has 0 radical (unpaired) electrons. The summed E-state index contributed by atoms with van der Waals surface area (Å²) < 4.78 is 15.6. The fourth-order valence-electron chi connectivity index (χ4n) is 6.12. The number of piperidine rings is 2. The quantitative estimate of drug-likeness (QED) is 0.227. The van der Waals surface area contributed by atoms with E-state index >= 15 is 0 Å². The number of hydrogen-bond acceptors (Lipinski definition) is 8. The van der Waals surface area contributed by atoms with Crippen LogP contribution in [0.3, 0.4) is 0 Å². The van der Waals surface area contributed by atoms with Crippen molar-refractivity contribution in [3.8, 4) is 0 Å². The number of H-pyrrole nitrogens is 2. The number of aromatic nitrogens is 2. The number of carboxylic acid groups (broad SMARTS) is 1. The Morgan fingerprint density at radius 1 is 0.810 bits per heavy atom. The summed E-state index contributed by atoms with van der Waals surface area (Å²) in [5.74, 6) is -1.99. The highest BCUT2D eigenvalue weighted by atomic mass is 16.5. The third-order valence-electron chi connectivity index (χ3n) is 8.10. The third kappa shape index (κ3) is 6.01. The zero-order valence-electron chi connectivity index (χ0n) is 23.4. The molecule has 2 aromatic heterocycles. The number of carbonyl (C=O) groups excluding carboxylic acids is 3. The first-order valence-electron chi connectivity index (χ1n) is 13.8. The van der Waals surface area contributed by atoms with Crippen LogP contribution in [0, 0.1) is 5.92 Å². The van der Waals surface area contributed by atoms with Gasteiger partial charge in [0.15, 0.2) is 0 Å². The van der Waals surface area contributed by atoms with E-state index in [1.165, 1.54) is 20.4 Å². The lowest BCUT2D eigenvalue weighted by atomic mass is 9.77. The summed E-state index contributed by atoms with van der Waals surface area (Å²) in [5.41, 5.74) is 2.58. The van der Waals surface area contributed by atoms with Crippen LogP contribution in [0.2, 0.25) is 0 Å². The molecule has 4 heterocycles. The van der Waals surface area contributed by atoms with Gasteiger partial charge in [-0.3, -0.25) is 14.5 Å². The van der Waals surface area contributed by atoms with E-state index in [0.29, 0.717) is 36.8 Å². The molecule has 0 aliphatic carbocycles. The number of nitrogens with one attached hydrogen (secondary N) is 2. The van der Waals surface area contributed by atoms with E-state index in [-0.39, 0.29) is 48.6 Å². The normalized spacial score (nSPS) is 21.7. The van der Waals surface area contributed by atoms with Gasteiger partial charge in [-0.1, -0.05) is 36.4 Å². The fraction of sp³-hybridized carbons (Fsp3) is 0.355. The number of para-hydroxylation sites is 2. The topological polar surface area (TPSA) is 151 Å². The van der Waals surface area contributed by atoms with Crippen LogP contribution in [-0.4, -0.2) is 82.8 Å². The SMILES string of the molecule is COC(=O)CN1C2CC(OC(=O)c3c[nH]c4ccccc34)CC1CC(C(=O)OC)C2.O=C(O)c1c[nH]c2ccccc12. The molecule has 4 aromatic rings. The number of nitrogens with zero attached hydrogens (tertiary/aromatic N) is 1. The number of fused-ring (bicyclic) bond motifs is 4. The van der Waals surface area contributed by atoms with Crippen LogP contribution >= 0.6 is 0 Å². The van der Waals surface area contributed by atoms with Crippen molar-refractivity contribution in [1.82, 2.24) is 14.9 Å². The van der Waals surface area contributed by atoms with Gasteiger partial charge < -0.3 is 29.3 Å². The highest BCUT2D eigenvalue weighted by Gasteiger charge is 2.46. The molecular formula is C31H33N3O8. The first-order chi connectivity index (χ1) is 20.3. The lowest BCUT2D eigenvalue weighted by molar-refractivity contribution is -0.154. The number of rotatable bonds is 6. The second-order valence-electron chi connectivity index (χ2n) is 10.5. The molecule has 220 valence electrons. The Labute approximate surface area is 241 Å². The summed E-state index contributed by atoms with van der Waals surface area (Å²) in [6, 6.07) is 14.8. The summed E-state index contributed by atoms with van der Waals surface area (Å²) in [4.78, 5) is 55.5. The molecule has 2 aliphatic heterocycles. The summed E-state index contributed by atoms with van der Waals surface area (Å²) in [7, 11) is 2.76. The maximum atomic E-state index is 12.8. The van der Waals surface area contributed by atoms with Crippen molar-refractivity contribution in [3.63, 3.8) is 0 Å². The van der Waals surface area contributed by atoms with Crippen LogP contribution in [0.1, 0.15) is 46.4 Å². The Morgan fingerprint density at radius 3 is 1.90 bits per heavy atom. The second-order valence-corrected chi connectivity index (χ2v) is 10.5. The Balaban J connectivity index is 0.000000244. The van der Waals surface area contributed by atoms with Gasteiger partial charge >= 0.3 is 23.9 Å². The smallest absolute Gasteiger partial charge is 0.340 e. The van der Waals surface area contributed by atoms with Crippen molar-refractivity contribution in [2.75, 3.05) is 20.8 Å². The summed E-state index contributed by atoms with van der Waals surface area (Å²) >= 11 is 0. The van der Waals surface area contributed by atoms with Crippen molar-refractivity contribution in [3.05, 3.63) is 72.1 Å². The maximum Gasteiger partial charge on any atom is 0.340 e. The fourth-order valence-corrected chi connectivity index (χ4v) is 6.12. The van der Waals surface area contributed by atoms with Gasteiger partial charge in [-0.15, -0.1) is 0 Å². The average Bonchev–Trinajstić information content (AvgIpc) is 3.62. The number of hydrogen-bond donors (Lipinski definition) is 3. The number of methoxy groups -OCH3 is 2. The molecule has 0 amide bonds. The van der Waals surface area contributed by atoms with Gasteiger partial charge in [-0.25, -0.2) is 9.59 Å². The van der Waals surface area contributed by atoms with Crippen molar-refractivity contribution in [2.24, 2.45) is 5.92 Å². The minimum absolute atomic E-state index is 0.0542. The van der Waals surface area contributed by atoms with Crippen molar-refractivity contribution >= 4 is 45.7 Å². The van der Waals surface area contributed by atoms with Gasteiger partial charge in [0, 0.05) is 59.1 Å². The molecule has 3 N–H and O–H groups in total. The molecule has 2 unspecified atom stereocenters. The number of ether oxygens (including phenoxy) is 3. The Morgan fingerprint density at radius 2 is 1.36 bits per heavy atom. The predicted octanol–water partition coefficient (Wildman–Crippen LogP) is 4.15. The number of benzene rings is 2. The molecule has 0 spiro atoms. The number of esters is 3. The zero-order chi connectivity index (χ0) is 29.8. The number of aromatic amines is 2. The monoisotopic (exact) mass is 575 g/mol. The van der Waals surface area contributed by atoms with E-state index in [1.807, 2.05) is 42.5 Å². The molecule has 2 bridgehead atoms. The van der Waals surface area contributed by atoms with Gasteiger partial charge in [0.2, 0.25) is 0 Å². The molecule has 2 aliphatic rings. The van der Waals surface area contributed by atoms with E-state index in [0.717, 1.165) is 21.8 Å². The number of carboxylic acids is 1. The molecule has 11 heteroatoms. The van der Waals surface area contributed by atoms with Gasteiger partial charge in [0.25, 0.3) is 0 Å². The van der Waals surface area contributed by atoms with Gasteiger partial charge in [0.1, 0.15) is 6.10 Å². The molecule has 42 heavy (non-hydrogen) atoms. The summed E-state index contributed by atoms with van der Waals surface area (Å²) in [6.45, 7) is 0.169. The van der Waals surface area contributed by atoms with Crippen LogP contribution in [-0.2, 0) is 23.8 Å². The van der Waals surface area contributed by atoms with Crippen LogP contribution in [0.15, 0.2) is 60.9 Å². The standard InChI is InChI=1S/C22H26N2O6.C9H7NO2/c1-28-20(25)12-24-14-7-13(21(26)29-2)8-15(24)10-16(9-14)30-22(27)18-11-23-19-6-4-3-5-17(18)19;11-9(12)7-5-10-8-4-2-1-3-6(7)8/h3-6,11,13-16,23H,7-10,12H2,1-2H3;1-5,10H,(H,11,12). The molecule has 2 atom stereocenters. The average molecular weight is 576 g/mol. The van der Waals surface area contributed by atoms with E-state index in [9.17, 15) is 19.2 Å². The Bertz CT molecular complexity index is 1590. The molecule has 11 nitrogen and oxygen atoms in total. The number of carbonyl (C=O) groups is 4. The Hall–Kier alpha value is -4.64. The summed E-state index contributed by atoms with van der Waals surface area (Å²) in [6.07, 6.45) is 5.18.